The summed E-state index contributed by atoms with van der Waals surface area (Å²) in [6.45, 7) is 1.32. The number of nitrogens with zero attached hydrogens (tertiary/aromatic N) is 1. The van der Waals surface area contributed by atoms with Crippen molar-refractivity contribution in [2.24, 2.45) is 0 Å². The first-order valence-corrected chi connectivity index (χ1v) is 7.90. The molecule has 0 saturated carbocycles. The molecule has 1 N–H and O–H groups in total. The first-order valence-electron chi connectivity index (χ1n) is 6.92. The molecule has 1 fully saturated rings. The molecule has 0 spiro atoms. The fourth-order valence-electron chi connectivity index (χ4n) is 2.25. The minimum atomic E-state index is -0.870. The number of amides is 1. The molecule has 1 aliphatic rings. The van der Waals surface area contributed by atoms with Gasteiger partial charge in [-0.2, -0.15) is 0 Å². The Balaban J connectivity index is 1.84. The van der Waals surface area contributed by atoms with E-state index in [0.29, 0.717) is 31.0 Å². The zero-order chi connectivity index (χ0) is 15.3. The molecule has 0 radical (unpaired) electrons. The summed E-state index contributed by atoms with van der Waals surface area (Å²) in [6.07, 6.45) is 1.07. The van der Waals surface area contributed by atoms with Crippen LogP contribution in [0.2, 0.25) is 0 Å². The molecule has 0 aromatic heterocycles. The Morgan fingerprint density at radius 3 is 2.76 bits per heavy atom. The summed E-state index contributed by atoms with van der Waals surface area (Å²) in [5.74, 6) is -0.284. The van der Waals surface area contributed by atoms with Gasteiger partial charge in [-0.1, -0.05) is 12.1 Å². The molecule has 2 rings (SSSR count). The topological polar surface area (TPSA) is 49.8 Å². The standard InChI is InChI=1S/C15H20FNO3S/c1-17(11-15(19)6-8-20-9-7-15)14(18)10-21-13-5-3-2-4-12(13)16/h2-5,19H,6-11H2,1H3. The van der Waals surface area contributed by atoms with Gasteiger partial charge in [0.05, 0.1) is 11.4 Å². The van der Waals surface area contributed by atoms with Gasteiger partial charge in [-0.3, -0.25) is 4.79 Å². The normalized spacial score (nSPS) is 17.5. The van der Waals surface area contributed by atoms with Crippen LogP contribution in [-0.4, -0.2) is 54.1 Å². The molecule has 1 aromatic carbocycles. The molecule has 116 valence electrons. The number of carbonyl (C=O) groups is 1. The lowest BCUT2D eigenvalue weighted by Crippen LogP contribution is -2.47. The molecule has 1 saturated heterocycles. The van der Waals surface area contributed by atoms with Gasteiger partial charge in [0, 0.05) is 44.5 Å². The number of likely N-dealkylation sites (N-methyl/N-ethyl adjacent to an activating group) is 1. The van der Waals surface area contributed by atoms with E-state index in [0.717, 1.165) is 0 Å². The summed E-state index contributed by atoms with van der Waals surface area (Å²) in [5.41, 5.74) is -0.870. The molecule has 1 aliphatic heterocycles. The molecule has 1 heterocycles. The van der Waals surface area contributed by atoms with Gasteiger partial charge in [0.2, 0.25) is 5.91 Å². The van der Waals surface area contributed by atoms with Crippen molar-refractivity contribution in [2.45, 2.75) is 23.3 Å². The number of rotatable bonds is 5. The van der Waals surface area contributed by atoms with E-state index in [-0.39, 0.29) is 24.0 Å². The molecule has 21 heavy (non-hydrogen) atoms. The van der Waals surface area contributed by atoms with E-state index in [2.05, 4.69) is 0 Å². The third-order valence-electron chi connectivity index (χ3n) is 3.57. The third-order valence-corrected chi connectivity index (χ3v) is 4.60. The van der Waals surface area contributed by atoms with Crippen LogP contribution in [0.5, 0.6) is 0 Å². The quantitative estimate of drug-likeness (QED) is 0.844. The Labute approximate surface area is 128 Å². The maximum atomic E-state index is 13.5. The molecule has 1 aromatic rings. The average Bonchev–Trinajstić information content (AvgIpc) is 2.46. The number of ether oxygens (including phenoxy) is 1. The van der Waals surface area contributed by atoms with Crippen molar-refractivity contribution < 1.29 is 19.0 Å². The van der Waals surface area contributed by atoms with Crippen LogP contribution < -0.4 is 0 Å². The highest BCUT2D eigenvalue weighted by atomic mass is 32.2. The second-order valence-corrected chi connectivity index (χ2v) is 6.32. The highest BCUT2D eigenvalue weighted by molar-refractivity contribution is 8.00. The number of benzene rings is 1. The number of thioether (sulfide) groups is 1. The molecular weight excluding hydrogens is 293 g/mol. The van der Waals surface area contributed by atoms with Crippen molar-refractivity contribution in [1.82, 2.24) is 4.90 Å². The van der Waals surface area contributed by atoms with Crippen LogP contribution in [0.25, 0.3) is 0 Å². The van der Waals surface area contributed by atoms with E-state index in [1.807, 2.05) is 0 Å². The molecule has 0 atom stereocenters. The maximum Gasteiger partial charge on any atom is 0.232 e. The summed E-state index contributed by atoms with van der Waals surface area (Å²) in [4.78, 5) is 14.1. The predicted octanol–water partition coefficient (Wildman–Crippen LogP) is 1.92. The van der Waals surface area contributed by atoms with Gasteiger partial charge in [0.15, 0.2) is 0 Å². The van der Waals surface area contributed by atoms with Crippen molar-refractivity contribution in [2.75, 3.05) is 32.6 Å². The molecule has 0 unspecified atom stereocenters. The molecule has 1 amide bonds. The van der Waals surface area contributed by atoms with Crippen molar-refractivity contribution in [3.63, 3.8) is 0 Å². The van der Waals surface area contributed by atoms with Crippen LogP contribution in [-0.2, 0) is 9.53 Å². The van der Waals surface area contributed by atoms with Gasteiger partial charge >= 0.3 is 0 Å². The first kappa shape index (κ1) is 16.3. The van der Waals surface area contributed by atoms with Crippen LogP contribution in [0.3, 0.4) is 0 Å². The van der Waals surface area contributed by atoms with Crippen molar-refractivity contribution in [1.29, 1.82) is 0 Å². The lowest BCUT2D eigenvalue weighted by molar-refractivity contribution is -0.134. The van der Waals surface area contributed by atoms with E-state index in [1.165, 1.54) is 22.7 Å². The molecule has 0 aliphatic carbocycles. The Morgan fingerprint density at radius 2 is 2.10 bits per heavy atom. The van der Waals surface area contributed by atoms with Gasteiger partial charge < -0.3 is 14.7 Å². The SMILES string of the molecule is CN(CC1(O)CCOCC1)C(=O)CSc1ccccc1F. The second kappa shape index (κ2) is 7.24. The molecule has 0 bridgehead atoms. The monoisotopic (exact) mass is 313 g/mol. The molecule has 6 heteroatoms. The van der Waals surface area contributed by atoms with Gasteiger partial charge in [-0.25, -0.2) is 4.39 Å². The third kappa shape index (κ3) is 4.69. The largest absolute Gasteiger partial charge is 0.388 e. The zero-order valence-corrected chi connectivity index (χ0v) is 12.9. The van der Waals surface area contributed by atoms with Crippen molar-refractivity contribution in [3.8, 4) is 0 Å². The average molecular weight is 313 g/mol. The van der Waals surface area contributed by atoms with Crippen LogP contribution in [0.4, 0.5) is 4.39 Å². The van der Waals surface area contributed by atoms with E-state index < -0.39 is 5.60 Å². The van der Waals surface area contributed by atoms with E-state index >= 15 is 0 Å². The van der Waals surface area contributed by atoms with Crippen LogP contribution in [0, 0.1) is 5.82 Å². The number of hydrogen-bond acceptors (Lipinski definition) is 4. The molecule has 4 nitrogen and oxygen atoms in total. The highest BCUT2D eigenvalue weighted by Gasteiger charge is 2.32. The number of hydrogen-bond donors (Lipinski definition) is 1. The Bertz CT molecular complexity index is 492. The smallest absolute Gasteiger partial charge is 0.232 e. The van der Waals surface area contributed by atoms with Crippen LogP contribution >= 0.6 is 11.8 Å². The zero-order valence-electron chi connectivity index (χ0n) is 12.0. The molecular formula is C15H20FNO3S. The Kier molecular flexibility index (Phi) is 5.61. The minimum Gasteiger partial charge on any atom is -0.388 e. The Hall–Kier alpha value is -1.11. The first-order chi connectivity index (χ1) is 10.0. The lowest BCUT2D eigenvalue weighted by Gasteiger charge is -2.35. The summed E-state index contributed by atoms with van der Waals surface area (Å²) < 4.78 is 18.7. The van der Waals surface area contributed by atoms with Crippen LogP contribution in [0.15, 0.2) is 29.2 Å². The summed E-state index contributed by atoms with van der Waals surface area (Å²) in [6, 6.07) is 6.39. The van der Waals surface area contributed by atoms with Gasteiger partial charge in [0.25, 0.3) is 0 Å². The van der Waals surface area contributed by atoms with Gasteiger partial charge in [0.1, 0.15) is 5.82 Å². The van der Waals surface area contributed by atoms with E-state index in [1.54, 1.807) is 25.2 Å². The Morgan fingerprint density at radius 1 is 1.43 bits per heavy atom. The summed E-state index contributed by atoms with van der Waals surface area (Å²) >= 11 is 1.17. The number of halogens is 1. The number of carbonyl (C=O) groups excluding carboxylic acids is 1. The summed E-state index contributed by atoms with van der Waals surface area (Å²) in [5, 5.41) is 10.4. The number of aliphatic hydroxyl groups is 1. The maximum absolute atomic E-state index is 13.5. The van der Waals surface area contributed by atoms with Gasteiger partial charge in [-0.15, -0.1) is 11.8 Å². The van der Waals surface area contributed by atoms with E-state index in [9.17, 15) is 14.3 Å². The van der Waals surface area contributed by atoms with Crippen molar-refractivity contribution >= 4 is 17.7 Å². The fourth-order valence-corrected chi connectivity index (χ4v) is 3.13. The van der Waals surface area contributed by atoms with E-state index in [4.69, 9.17) is 4.74 Å². The fraction of sp³-hybridized carbons (Fsp3) is 0.533. The van der Waals surface area contributed by atoms with Crippen molar-refractivity contribution in [3.05, 3.63) is 30.1 Å². The van der Waals surface area contributed by atoms with Gasteiger partial charge in [-0.05, 0) is 12.1 Å². The highest BCUT2D eigenvalue weighted by Crippen LogP contribution is 2.23. The summed E-state index contributed by atoms with van der Waals surface area (Å²) in [7, 11) is 1.66. The predicted molar refractivity (Wildman–Crippen MR) is 79.8 cm³/mol. The lowest BCUT2D eigenvalue weighted by atomic mass is 9.94. The second-order valence-electron chi connectivity index (χ2n) is 5.31. The minimum absolute atomic E-state index is 0.122. The van der Waals surface area contributed by atoms with Crippen LogP contribution in [0.1, 0.15) is 12.8 Å².